The Morgan fingerprint density at radius 3 is 2.50 bits per heavy atom. The summed E-state index contributed by atoms with van der Waals surface area (Å²) in [5.41, 5.74) is 1.27. The van der Waals surface area contributed by atoms with Crippen LogP contribution in [0.25, 0.3) is 5.57 Å². The molecule has 2 N–H and O–H groups in total. The van der Waals surface area contributed by atoms with E-state index in [0.717, 1.165) is 5.56 Å². The number of carboxylic acid groups (broad SMARTS) is 1. The Morgan fingerprint density at radius 1 is 1.29 bits per heavy atom. The van der Waals surface area contributed by atoms with Crippen molar-refractivity contribution in [2.45, 2.75) is 19.8 Å². The third-order valence-electron chi connectivity index (χ3n) is 4.24. The highest BCUT2D eigenvalue weighted by Gasteiger charge is 2.40. The monoisotopic (exact) mass is 332 g/mol. The largest absolute Gasteiger partial charge is 0.481 e. The summed E-state index contributed by atoms with van der Waals surface area (Å²) in [7, 11) is 0. The number of benzene rings is 1. The molecule has 2 rings (SSSR count). The Hall–Kier alpha value is -2.54. The number of aliphatic carboxylic acids is 1. The summed E-state index contributed by atoms with van der Waals surface area (Å²) >= 11 is 0. The van der Waals surface area contributed by atoms with Gasteiger partial charge in [0, 0.05) is 19.0 Å². The second kappa shape index (κ2) is 7.35. The van der Waals surface area contributed by atoms with E-state index in [1.165, 1.54) is 0 Å². The van der Waals surface area contributed by atoms with E-state index in [9.17, 15) is 24.8 Å². The van der Waals surface area contributed by atoms with Crippen molar-refractivity contribution in [3.63, 3.8) is 0 Å². The third-order valence-corrected chi connectivity index (χ3v) is 4.24. The zero-order valence-electron chi connectivity index (χ0n) is 13.6. The molecule has 0 bridgehead atoms. The molecule has 7 nitrogen and oxygen atoms in total. The molecule has 1 aliphatic rings. The average Bonchev–Trinajstić information content (AvgIpc) is 3.01. The zero-order valence-corrected chi connectivity index (χ0v) is 13.6. The van der Waals surface area contributed by atoms with E-state index in [1.54, 1.807) is 12.1 Å². The second-order valence-electron chi connectivity index (χ2n) is 6.14. The van der Waals surface area contributed by atoms with Gasteiger partial charge >= 0.3 is 5.97 Å². The lowest BCUT2D eigenvalue weighted by molar-refractivity contribution is -0.401. The van der Waals surface area contributed by atoms with Crippen LogP contribution in [0.3, 0.4) is 0 Å². The molecular weight excluding hydrogens is 312 g/mol. The van der Waals surface area contributed by atoms with Crippen LogP contribution in [-0.2, 0) is 9.59 Å². The molecule has 24 heavy (non-hydrogen) atoms. The molecule has 0 spiro atoms. The SMILES string of the molecule is CC(C)c1ccccc1/C(=C\[N+](=O)[O-])C(=O)C1CNCC1C(=O)O. The van der Waals surface area contributed by atoms with Crippen molar-refractivity contribution in [2.24, 2.45) is 11.8 Å². The lowest BCUT2D eigenvalue weighted by Crippen LogP contribution is -2.29. The van der Waals surface area contributed by atoms with Crippen molar-refractivity contribution in [1.82, 2.24) is 5.32 Å². The zero-order chi connectivity index (χ0) is 17.9. The average molecular weight is 332 g/mol. The standard InChI is InChI=1S/C17H20N2O5/c1-10(2)11-5-3-4-6-12(11)15(9-19(23)24)16(20)13-7-18-8-14(13)17(21)22/h3-6,9-10,13-14,18H,7-8H2,1-2H3,(H,21,22)/b15-9+. The highest BCUT2D eigenvalue weighted by Crippen LogP contribution is 2.31. The van der Waals surface area contributed by atoms with Gasteiger partial charge in [0.25, 0.3) is 0 Å². The van der Waals surface area contributed by atoms with Gasteiger partial charge in [0.1, 0.15) is 0 Å². The maximum atomic E-state index is 12.9. The molecule has 1 aromatic carbocycles. The van der Waals surface area contributed by atoms with Gasteiger partial charge in [-0.05, 0) is 17.0 Å². The van der Waals surface area contributed by atoms with E-state index >= 15 is 0 Å². The number of hydrogen-bond donors (Lipinski definition) is 2. The Labute approximate surface area is 139 Å². The van der Waals surface area contributed by atoms with E-state index in [2.05, 4.69) is 5.32 Å². The number of rotatable bonds is 6. The van der Waals surface area contributed by atoms with E-state index in [0.29, 0.717) is 11.8 Å². The molecule has 1 aromatic rings. The molecular formula is C17H20N2O5. The number of Topliss-reactive ketones (excluding diaryl/α,β-unsaturated/α-hetero) is 1. The first-order valence-corrected chi connectivity index (χ1v) is 7.75. The molecule has 1 heterocycles. The quantitative estimate of drug-likeness (QED) is 0.468. The lowest BCUT2D eigenvalue weighted by atomic mass is 9.83. The number of nitrogens with zero attached hydrogens (tertiary/aromatic N) is 1. The van der Waals surface area contributed by atoms with Gasteiger partial charge in [0.05, 0.1) is 16.4 Å². The van der Waals surface area contributed by atoms with Gasteiger partial charge in [-0.2, -0.15) is 0 Å². The summed E-state index contributed by atoms with van der Waals surface area (Å²) in [4.78, 5) is 34.6. The Bertz CT molecular complexity index is 696. The van der Waals surface area contributed by atoms with Gasteiger partial charge in [0.15, 0.2) is 5.78 Å². The lowest BCUT2D eigenvalue weighted by Gasteiger charge is -2.18. The minimum Gasteiger partial charge on any atom is -0.481 e. The maximum Gasteiger partial charge on any atom is 0.308 e. The maximum absolute atomic E-state index is 12.9. The van der Waals surface area contributed by atoms with Crippen molar-refractivity contribution in [3.05, 3.63) is 51.7 Å². The van der Waals surface area contributed by atoms with Crippen LogP contribution >= 0.6 is 0 Å². The van der Waals surface area contributed by atoms with Gasteiger partial charge in [0.2, 0.25) is 6.20 Å². The molecule has 2 unspecified atom stereocenters. The molecule has 2 atom stereocenters. The highest BCUT2D eigenvalue weighted by molar-refractivity contribution is 6.22. The number of carbonyl (C=O) groups excluding carboxylic acids is 1. The summed E-state index contributed by atoms with van der Waals surface area (Å²) in [6.07, 6.45) is 0.695. The predicted octanol–water partition coefficient (Wildman–Crippen LogP) is 1.92. The van der Waals surface area contributed by atoms with Crippen molar-refractivity contribution in [3.8, 4) is 0 Å². The number of nitro groups is 1. The van der Waals surface area contributed by atoms with E-state index in [-0.39, 0.29) is 24.6 Å². The van der Waals surface area contributed by atoms with Crippen molar-refractivity contribution < 1.29 is 19.6 Å². The van der Waals surface area contributed by atoms with E-state index in [1.807, 2.05) is 26.0 Å². The van der Waals surface area contributed by atoms with Crippen LogP contribution in [0.5, 0.6) is 0 Å². The van der Waals surface area contributed by atoms with Gasteiger partial charge in [-0.15, -0.1) is 0 Å². The van der Waals surface area contributed by atoms with Crippen LogP contribution < -0.4 is 5.32 Å². The van der Waals surface area contributed by atoms with E-state index in [4.69, 9.17) is 0 Å². The fraction of sp³-hybridized carbons (Fsp3) is 0.412. The summed E-state index contributed by atoms with van der Waals surface area (Å²) < 4.78 is 0. The Kier molecular flexibility index (Phi) is 5.46. The van der Waals surface area contributed by atoms with Gasteiger partial charge in [-0.25, -0.2) is 0 Å². The normalized spacial score (nSPS) is 21.0. The molecule has 0 radical (unpaired) electrons. The first kappa shape index (κ1) is 17.8. The van der Waals surface area contributed by atoms with Gasteiger partial charge in [-0.3, -0.25) is 19.7 Å². The van der Waals surface area contributed by atoms with Crippen molar-refractivity contribution in [1.29, 1.82) is 0 Å². The highest BCUT2D eigenvalue weighted by atomic mass is 16.6. The Balaban J connectivity index is 2.50. The summed E-state index contributed by atoms with van der Waals surface area (Å²) in [6.45, 7) is 4.26. The number of hydrogen-bond acceptors (Lipinski definition) is 5. The van der Waals surface area contributed by atoms with Crippen LogP contribution in [0.1, 0.15) is 30.9 Å². The Morgan fingerprint density at radius 2 is 1.92 bits per heavy atom. The number of carbonyl (C=O) groups is 2. The van der Waals surface area contributed by atoms with Gasteiger partial charge < -0.3 is 10.4 Å². The van der Waals surface area contributed by atoms with Crippen LogP contribution in [0.15, 0.2) is 30.5 Å². The molecule has 128 valence electrons. The minimum atomic E-state index is -1.07. The number of allylic oxidation sites excluding steroid dienone is 1. The van der Waals surface area contributed by atoms with Crippen LogP contribution in [0.2, 0.25) is 0 Å². The fourth-order valence-electron chi connectivity index (χ4n) is 3.03. The van der Waals surface area contributed by atoms with Crippen molar-refractivity contribution >= 4 is 17.3 Å². The predicted molar refractivity (Wildman–Crippen MR) is 88.0 cm³/mol. The summed E-state index contributed by atoms with van der Waals surface area (Å²) in [5.74, 6) is -3.19. The van der Waals surface area contributed by atoms with Gasteiger partial charge in [-0.1, -0.05) is 38.1 Å². The smallest absolute Gasteiger partial charge is 0.308 e. The molecule has 0 saturated carbocycles. The van der Waals surface area contributed by atoms with Crippen LogP contribution in [-0.4, -0.2) is 34.9 Å². The summed E-state index contributed by atoms with van der Waals surface area (Å²) in [6, 6.07) is 7.01. The number of carboxylic acids is 1. The molecule has 1 saturated heterocycles. The molecule has 0 aromatic heterocycles. The third kappa shape index (κ3) is 3.68. The van der Waals surface area contributed by atoms with Crippen molar-refractivity contribution in [2.75, 3.05) is 13.1 Å². The first-order chi connectivity index (χ1) is 11.3. The molecule has 1 fully saturated rings. The summed E-state index contributed by atoms with van der Waals surface area (Å²) in [5, 5.41) is 23.2. The molecule has 0 amide bonds. The molecule has 7 heteroatoms. The van der Waals surface area contributed by atoms with E-state index < -0.39 is 28.5 Å². The molecule has 0 aliphatic carbocycles. The topological polar surface area (TPSA) is 110 Å². The fourth-order valence-corrected chi connectivity index (χ4v) is 3.03. The number of ketones is 1. The second-order valence-corrected chi connectivity index (χ2v) is 6.14. The number of nitrogens with one attached hydrogen (secondary N) is 1. The first-order valence-electron chi connectivity index (χ1n) is 7.75. The van der Waals surface area contributed by atoms with Crippen LogP contribution in [0.4, 0.5) is 0 Å². The van der Waals surface area contributed by atoms with Crippen LogP contribution in [0, 0.1) is 22.0 Å². The molecule has 1 aliphatic heterocycles. The minimum absolute atomic E-state index is 0.0377.